The maximum atomic E-state index is 12.0. The summed E-state index contributed by atoms with van der Waals surface area (Å²) in [6.07, 6.45) is 0.0583. The van der Waals surface area contributed by atoms with Gasteiger partial charge in [0.25, 0.3) is 5.91 Å². The first-order valence-corrected chi connectivity index (χ1v) is 9.81. The molecule has 7 heteroatoms. The Morgan fingerprint density at radius 2 is 1.48 bits per heavy atom. The number of hydrogen-bond acceptors (Lipinski definition) is 6. The molecule has 0 bridgehead atoms. The summed E-state index contributed by atoms with van der Waals surface area (Å²) < 4.78 is 10.5. The molecule has 0 saturated heterocycles. The number of amides is 1. The van der Waals surface area contributed by atoms with Crippen LogP contribution in [0.3, 0.4) is 0 Å². The van der Waals surface area contributed by atoms with Crippen LogP contribution in [0.1, 0.15) is 12.0 Å². The van der Waals surface area contributed by atoms with Gasteiger partial charge in [-0.25, -0.2) is 0 Å². The van der Waals surface area contributed by atoms with Gasteiger partial charge in [-0.3, -0.25) is 9.59 Å². The van der Waals surface area contributed by atoms with Crippen molar-refractivity contribution >= 4 is 28.9 Å². The van der Waals surface area contributed by atoms with Crippen molar-refractivity contribution in [3.05, 3.63) is 84.4 Å². The normalized spacial score (nSPS) is 10.6. The fourth-order valence-electron chi connectivity index (χ4n) is 2.60. The number of carbonyl (C=O) groups is 2. The molecule has 0 aliphatic heterocycles. The Morgan fingerprint density at radius 1 is 0.839 bits per heavy atom. The number of rotatable bonds is 9. The summed E-state index contributed by atoms with van der Waals surface area (Å²) in [7, 11) is 0. The number of nitrogens with one attached hydrogen (secondary N) is 1. The van der Waals surface area contributed by atoms with Crippen LogP contribution in [0.5, 0.6) is 5.75 Å². The van der Waals surface area contributed by atoms with E-state index >= 15 is 0 Å². The lowest BCUT2D eigenvalue weighted by Crippen LogP contribution is -2.21. The summed E-state index contributed by atoms with van der Waals surface area (Å²) in [6, 6.07) is 23.8. The fraction of sp³-hybridized carbons (Fsp3) is 0.167. The van der Waals surface area contributed by atoms with Crippen molar-refractivity contribution in [2.75, 3.05) is 18.5 Å². The Balaban J connectivity index is 1.37. The second-order valence-electron chi connectivity index (χ2n) is 6.66. The quantitative estimate of drug-likeness (QED) is 0.375. The van der Waals surface area contributed by atoms with Gasteiger partial charge in [-0.2, -0.15) is 10.2 Å². The maximum Gasteiger partial charge on any atom is 0.309 e. The molecular formula is C24H23N3O4. The summed E-state index contributed by atoms with van der Waals surface area (Å²) in [5.41, 5.74) is 2.97. The topological polar surface area (TPSA) is 89.3 Å². The van der Waals surface area contributed by atoms with E-state index in [1.54, 1.807) is 24.3 Å². The zero-order valence-electron chi connectivity index (χ0n) is 17.2. The Bertz CT molecular complexity index is 1030. The van der Waals surface area contributed by atoms with E-state index in [1.807, 2.05) is 61.5 Å². The summed E-state index contributed by atoms with van der Waals surface area (Å²) in [5.74, 6) is -0.202. The molecule has 158 valence electrons. The van der Waals surface area contributed by atoms with Gasteiger partial charge in [0.15, 0.2) is 6.61 Å². The Hall–Kier alpha value is -4.00. The van der Waals surface area contributed by atoms with Gasteiger partial charge >= 0.3 is 5.97 Å². The smallest absolute Gasteiger partial charge is 0.309 e. The van der Waals surface area contributed by atoms with Gasteiger partial charge in [0.05, 0.1) is 24.4 Å². The van der Waals surface area contributed by atoms with Crippen LogP contribution in [-0.2, 0) is 14.3 Å². The highest BCUT2D eigenvalue weighted by atomic mass is 16.5. The zero-order chi connectivity index (χ0) is 21.9. The number of benzene rings is 3. The monoisotopic (exact) mass is 417 g/mol. The van der Waals surface area contributed by atoms with Crippen molar-refractivity contribution < 1.29 is 19.1 Å². The summed E-state index contributed by atoms with van der Waals surface area (Å²) in [4.78, 5) is 23.8. The second-order valence-corrected chi connectivity index (χ2v) is 6.66. The van der Waals surface area contributed by atoms with Gasteiger partial charge in [0.2, 0.25) is 0 Å². The molecule has 0 fully saturated rings. The van der Waals surface area contributed by atoms with Crippen molar-refractivity contribution in [2.45, 2.75) is 13.3 Å². The Labute approximate surface area is 180 Å². The molecule has 0 atom stereocenters. The molecule has 0 aromatic heterocycles. The van der Waals surface area contributed by atoms with Gasteiger partial charge in [-0.05, 0) is 55.0 Å². The summed E-state index contributed by atoms with van der Waals surface area (Å²) in [5, 5.41) is 10.9. The fourth-order valence-corrected chi connectivity index (χ4v) is 2.60. The van der Waals surface area contributed by atoms with Crippen LogP contribution < -0.4 is 10.1 Å². The van der Waals surface area contributed by atoms with Crippen LogP contribution in [-0.4, -0.2) is 25.1 Å². The van der Waals surface area contributed by atoms with E-state index in [9.17, 15) is 9.59 Å². The molecule has 0 radical (unpaired) electrons. The zero-order valence-corrected chi connectivity index (χ0v) is 17.2. The van der Waals surface area contributed by atoms with Crippen LogP contribution in [0, 0.1) is 6.92 Å². The van der Waals surface area contributed by atoms with E-state index in [-0.39, 0.29) is 19.6 Å². The largest absolute Gasteiger partial charge is 0.493 e. The first-order chi connectivity index (χ1) is 15.1. The first-order valence-electron chi connectivity index (χ1n) is 9.81. The van der Waals surface area contributed by atoms with Crippen molar-refractivity contribution in [3.63, 3.8) is 0 Å². The number of azo groups is 1. The van der Waals surface area contributed by atoms with Crippen molar-refractivity contribution in [2.24, 2.45) is 10.2 Å². The lowest BCUT2D eigenvalue weighted by Gasteiger charge is -2.09. The number of ether oxygens (including phenoxy) is 2. The van der Waals surface area contributed by atoms with Gasteiger partial charge in [-0.15, -0.1) is 0 Å². The number of nitrogens with zero attached hydrogens (tertiary/aromatic N) is 2. The number of anilines is 1. The lowest BCUT2D eigenvalue weighted by atomic mass is 10.2. The van der Waals surface area contributed by atoms with Crippen molar-refractivity contribution in [3.8, 4) is 5.75 Å². The van der Waals surface area contributed by atoms with E-state index in [0.29, 0.717) is 11.4 Å². The molecule has 3 rings (SSSR count). The summed E-state index contributed by atoms with van der Waals surface area (Å²) in [6.45, 7) is 1.75. The first kappa shape index (κ1) is 21.7. The van der Waals surface area contributed by atoms with Crippen LogP contribution in [0.2, 0.25) is 0 Å². The van der Waals surface area contributed by atoms with E-state index in [2.05, 4.69) is 15.5 Å². The lowest BCUT2D eigenvalue weighted by molar-refractivity contribution is -0.147. The van der Waals surface area contributed by atoms with Gasteiger partial charge in [0, 0.05) is 5.69 Å². The number of carbonyl (C=O) groups excluding carboxylic acids is 2. The molecule has 0 aliphatic carbocycles. The van der Waals surface area contributed by atoms with E-state index < -0.39 is 11.9 Å². The molecule has 0 spiro atoms. The average molecular weight is 417 g/mol. The number of para-hydroxylation sites is 1. The molecule has 3 aromatic rings. The SMILES string of the molecule is Cc1ccccc1OCCC(=O)OCC(=O)Nc1ccc(N=Nc2ccccc2)cc1. The van der Waals surface area contributed by atoms with E-state index in [4.69, 9.17) is 9.47 Å². The van der Waals surface area contributed by atoms with E-state index in [0.717, 1.165) is 17.0 Å². The van der Waals surface area contributed by atoms with Crippen LogP contribution in [0.15, 0.2) is 89.1 Å². The third kappa shape index (κ3) is 7.40. The molecule has 0 heterocycles. The standard InChI is InChI=1S/C24H23N3O4/c1-18-7-5-6-10-22(18)30-16-15-24(29)31-17-23(28)25-19-11-13-21(14-12-19)27-26-20-8-3-2-4-9-20/h2-14H,15-17H2,1H3,(H,25,28). The number of aryl methyl sites for hydroxylation is 1. The number of esters is 1. The van der Waals surface area contributed by atoms with Crippen LogP contribution >= 0.6 is 0 Å². The molecular weight excluding hydrogens is 394 g/mol. The third-order valence-electron chi connectivity index (χ3n) is 4.21. The van der Waals surface area contributed by atoms with Crippen LogP contribution in [0.25, 0.3) is 0 Å². The highest BCUT2D eigenvalue weighted by Gasteiger charge is 2.09. The molecule has 3 aromatic carbocycles. The van der Waals surface area contributed by atoms with Gasteiger partial charge in [-0.1, -0.05) is 36.4 Å². The Morgan fingerprint density at radius 3 is 2.19 bits per heavy atom. The molecule has 0 saturated carbocycles. The minimum Gasteiger partial charge on any atom is -0.493 e. The van der Waals surface area contributed by atoms with Crippen molar-refractivity contribution in [1.29, 1.82) is 0 Å². The number of hydrogen-bond donors (Lipinski definition) is 1. The van der Waals surface area contributed by atoms with Crippen molar-refractivity contribution in [1.82, 2.24) is 0 Å². The summed E-state index contributed by atoms with van der Waals surface area (Å²) >= 11 is 0. The molecule has 31 heavy (non-hydrogen) atoms. The molecule has 1 N–H and O–H groups in total. The second kappa shape index (κ2) is 11.3. The average Bonchev–Trinajstić information content (AvgIpc) is 2.79. The predicted octanol–water partition coefficient (Wildman–Crippen LogP) is 5.36. The molecule has 1 amide bonds. The van der Waals surface area contributed by atoms with E-state index in [1.165, 1.54) is 0 Å². The Kier molecular flexibility index (Phi) is 7.88. The van der Waals surface area contributed by atoms with Gasteiger partial charge in [0.1, 0.15) is 5.75 Å². The minimum absolute atomic E-state index is 0.0583. The molecule has 0 aliphatic rings. The van der Waals surface area contributed by atoms with Gasteiger partial charge < -0.3 is 14.8 Å². The highest BCUT2D eigenvalue weighted by Crippen LogP contribution is 2.20. The third-order valence-corrected chi connectivity index (χ3v) is 4.21. The molecule has 7 nitrogen and oxygen atoms in total. The maximum absolute atomic E-state index is 12.0. The molecule has 0 unspecified atom stereocenters. The predicted molar refractivity (Wildman–Crippen MR) is 118 cm³/mol. The highest BCUT2D eigenvalue weighted by molar-refractivity contribution is 5.92. The van der Waals surface area contributed by atoms with Crippen LogP contribution in [0.4, 0.5) is 17.1 Å². The minimum atomic E-state index is -0.500.